The quantitative estimate of drug-likeness (QED) is 0.795. The molecule has 1 aromatic carbocycles. The SMILES string of the molecule is O=C(O)c1ccc(CNOC2CCC3(CCCCC3)CC2)cc1. The summed E-state index contributed by atoms with van der Waals surface area (Å²) in [6.07, 6.45) is 12.3. The Morgan fingerprint density at radius 3 is 2.35 bits per heavy atom. The normalized spacial score (nSPS) is 21.4. The van der Waals surface area contributed by atoms with Crippen molar-refractivity contribution in [1.82, 2.24) is 5.48 Å². The summed E-state index contributed by atoms with van der Waals surface area (Å²) in [5.74, 6) is -0.889. The van der Waals surface area contributed by atoms with E-state index in [9.17, 15) is 4.79 Å². The van der Waals surface area contributed by atoms with Gasteiger partial charge in [-0.1, -0.05) is 31.4 Å². The van der Waals surface area contributed by atoms with Crippen LogP contribution in [0.25, 0.3) is 0 Å². The van der Waals surface area contributed by atoms with Gasteiger partial charge in [0.25, 0.3) is 0 Å². The fraction of sp³-hybridized carbons (Fsp3) is 0.632. The summed E-state index contributed by atoms with van der Waals surface area (Å²) in [5.41, 5.74) is 5.05. The first-order chi connectivity index (χ1) is 11.2. The standard InChI is InChI=1S/C19H27NO3/c21-18(22)16-6-4-15(5-7-16)14-20-23-17-8-12-19(13-9-17)10-2-1-3-11-19/h4-7,17,20H,1-3,8-14H2,(H,21,22). The molecule has 1 aromatic rings. The maximum atomic E-state index is 10.8. The van der Waals surface area contributed by atoms with Crippen LogP contribution in [0.4, 0.5) is 0 Å². The fourth-order valence-electron chi connectivity index (χ4n) is 4.13. The number of hydrogen-bond donors (Lipinski definition) is 2. The number of rotatable bonds is 5. The van der Waals surface area contributed by atoms with Gasteiger partial charge >= 0.3 is 5.97 Å². The second-order valence-corrected chi connectivity index (χ2v) is 7.20. The van der Waals surface area contributed by atoms with Crippen molar-refractivity contribution in [2.45, 2.75) is 70.4 Å². The van der Waals surface area contributed by atoms with Crippen molar-refractivity contribution in [2.75, 3.05) is 0 Å². The van der Waals surface area contributed by atoms with E-state index in [2.05, 4.69) is 5.48 Å². The highest BCUT2D eigenvalue weighted by atomic mass is 16.7. The van der Waals surface area contributed by atoms with Crippen LogP contribution in [0.5, 0.6) is 0 Å². The lowest BCUT2D eigenvalue weighted by atomic mass is 9.65. The van der Waals surface area contributed by atoms with Crippen molar-refractivity contribution >= 4 is 5.97 Å². The lowest BCUT2D eigenvalue weighted by molar-refractivity contribution is -0.0687. The molecule has 0 amide bonds. The van der Waals surface area contributed by atoms with Gasteiger partial charge < -0.3 is 5.11 Å². The van der Waals surface area contributed by atoms with Crippen LogP contribution >= 0.6 is 0 Å². The molecule has 4 nitrogen and oxygen atoms in total. The average Bonchev–Trinajstić information content (AvgIpc) is 2.58. The van der Waals surface area contributed by atoms with Crippen molar-refractivity contribution in [3.63, 3.8) is 0 Å². The molecule has 1 spiro atoms. The smallest absolute Gasteiger partial charge is 0.335 e. The number of carbonyl (C=O) groups is 1. The Hall–Kier alpha value is -1.39. The topological polar surface area (TPSA) is 58.6 Å². The molecular formula is C19H27NO3. The van der Waals surface area contributed by atoms with Crippen LogP contribution in [0.2, 0.25) is 0 Å². The van der Waals surface area contributed by atoms with Gasteiger partial charge in [0.15, 0.2) is 0 Å². The van der Waals surface area contributed by atoms with Crippen LogP contribution in [-0.4, -0.2) is 17.2 Å². The number of hydrogen-bond acceptors (Lipinski definition) is 3. The minimum Gasteiger partial charge on any atom is -0.478 e. The molecule has 0 aromatic heterocycles. The molecule has 0 unspecified atom stereocenters. The van der Waals surface area contributed by atoms with E-state index in [0.717, 1.165) is 18.4 Å². The molecule has 2 saturated carbocycles. The molecule has 0 heterocycles. The predicted molar refractivity (Wildman–Crippen MR) is 89.1 cm³/mol. The Balaban J connectivity index is 1.39. The number of hydroxylamine groups is 1. The van der Waals surface area contributed by atoms with E-state index in [1.807, 2.05) is 12.1 Å². The first-order valence-corrected chi connectivity index (χ1v) is 8.88. The monoisotopic (exact) mass is 317 g/mol. The molecule has 4 heteroatoms. The van der Waals surface area contributed by atoms with E-state index in [0.29, 0.717) is 23.6 Å². The summed E-state index contributed by atoms with van der Waals surface area (Å²) in [5, 5.41) is 8.89. The van der Waals surface area contributed by atoms with Crippen molar-refractivity contribution < 1.29 is 14.7 Å². The molecule has 23 heavy (non-hydrogen) atoms. The van der Waals surface area contributed by atoms with Crippen LogP contribution in [0.15, 0.2) is 24.3 Å². The van der Waals surface area contributed by atoms with Gasteiger partial charge in [0.1, 0.15) is 0 Å². The third kappa shape index (κ3) is 4.33. The first kappa shape index (κ1) is 16.5. The van der Waals surface area contributed by atoms with Crippen molar-refractivity contribution in [3.8, 4) is 0 Å². The van der Waals surface area contributed by atoms with Crippen LogP contribution in [0, 0.1) is 5.41 Å². The zero-order valence-corrected chi connectivity index (χ0v) is 13.7. The highest BCUT2D eigenvalue weighted by Gasteiger charge is 2.36. The summed E-state index contributed by atoms with van der Waals surface area (Å²) >= 11 is 0. The van der Waals surface area contributed by atoms with Crippen LogP contribution in [0.3, 0.4) is 0 Å². The molecule has 0 bridgehead atoms. The van der Waals surface area contributed by atoms with Gasteiger partial charge in [0.2, 0.25) is 0 Å². The molecule has 0 radical (unpaired) electrons. The molecule has 2 N–H and O–H groups in total. The van der Waals surface area contributed by atoms with Crippen LogP contribution in [-0.2, 0) is 11.4 Å². The van der Waals surface area contributed by atoms with Crippen molar-refractivity contribution in [2.24, 2.45) is 5.41 Å². The van der Waals surface area contributed by atoms with Gasteiger partial charge in [-0.2, -0.15) is 5.48 Å². The van der Waals surface area contributed by atoms with Gasteiger partial charge in [-0.3, -0.25) is 4.84 Å². The van der Waals surface area contributed by atoms with E-state index < -0.39 is 5.97 Å². The van der Waals surface area contributed by atoms with E-state index in [4.69, 9.17) is 9.94 Å². The summed E-state index contributed by atoms with van der Waals surface area (Å²) < 4.78 is 0. The van der Waals surface area contributed by atoms with E-state index >= 15 is 0 Å². The van der Waals surface area contributed by atoms with Crippen LogP contribution in [0.1, 0.15) is 73.7 Å². The Bertz CT molecular complexity index is 510. The Labute approximate surface area is 138 Å². The summed E-state index contributed by atoms with van der Waals surface area (Å²) in [4.78, 5) is 16.7. The number of aromatic carboxylic acids is 1. The molecular weight excluding hydrogens is 290 g/mol. The predicted octanol–water partition coefficient (Wildman–Crippen LogP) is 4.30. The second-order valence-electron chi connectivity index (χ2n) is 7.20. The van der Waals surface area contributed by atoms with E-state index in [1.54, 1.807) is 12.1 Å². The molecule has 0 aliphatic heterocycles. The number of nitrogens with one attached hydrogen (secondary N) is 1. The zero-order chi connectivity index (χ0) is 16.1. The number of benzene rings is 1. The molecule has 0 saturated heterocycles. The van der Waals surface area contributed by atoms with Gasteiger partial charge in [-0.25, -0.2) is 4.79 Å². The summed E-state index contributed by atoms with van der Waals surface area (Å²) in [6, 6.07) is 6.93. The first-order valence-electron chi connectivity index (χ1n) is 8.88. The molecule has 126 valence electrons. The molecule has 2 aliphatic rings. The Kier molecular flexibility index (Phi) is 5.34. The van der Waals surface area contributed by atoms with E-state index in [1.165, 1.54) is 44.9 Å². The largest absolute Gasteiger partial charge is 0.478 e. The highest BCUT2D eigenvalue weighted by Crippen LogP contribution is 2.47. The molecule has 2 fully saturated rings. The lowest BCUT2D eigenvalue weighted by Crippen LogP contribution is -2.35. The van der Waals surface area contributed by atoms with Crippen molar-refractivity contribution in [1.29, 1.82) is 0 Å². The van der Waals surface area contributed by atoms with E-state index in [-0.39, 0.29) is 0 Å². The lowest BCUT2D eigenvalue weighted by Gasteiger charge is -2.42. The maximum Gasteiger partial charge on any atom is 0.335 e. The molecule has 2 aliphatic carbocycles. The third-order valence-electron chi connectivity index (χ3n) is 5.63. The number of carboxylic acids is 1. The third-order valence-corrected chi connectivity index (χ3v) is 5.63. The van der Waals surface area contributed by atoms with Gasteiger partial charge in [-0.15, -0.1) is 0 Å². The highest BCUT2D eigenvalue weighted by molar-refractivity contribution is 5.87. The Morgan fingerprint density at radius 1 is 1.09 bits per heavy atom. The zero-order valence-electron chi connectivity index (χ0n) is 13.7. The molecule has 3 rings (SSSR count). The average molecular weight is 317 g/mol. The van der Waals surface area contributed by atoms with Gasteiger partial charge in [-0.05, 0) is 61.6 Å². The fourth-order valence-corrected chi connectivity index (χ4v) is 4.13. The summed E-state index contributed by atoms with van der Waals surface area (Å²) in [7, 11) is 0. The molecule has 0 atom stereocenters. The minimum atomic E-state index is -0.889. The minimum absolute atomic E-state index is 0.319. The maximum absolute atomic E-state index is 10.8. The van der Waals surface area contributed by atoms with Gasteiger partial charge in [0, 0.05) is 6.54 Å². The van der Waals surface area contributed by atoms with Crippen LogP contribution < -0.4 is 5.48 Å². The van der Waals surface area contributed by atoms with Crippen molar-refractivity contribution in [3.05, 3.63) is 35.4 Å². The Morgan fingerprint density at radius 2 is 1.74 bits per heavy atom. The number of carboxylic acid groups (broad SMARTS) is 1. The summed E-state index contributed by atoms with van der Waals surface area (Å²) in [6.45, 7) is 0.613. The van der Waals surface area contributed by atoms with Gasteiger partial charge in [0.05, 0.1) is 11.7 Å². The second kappa shape index (κ2) is 7.45.